The van der Waals surface area contributed by atoms with Gasteiger partial charge in [-0.1, -0.05) is 41.9 Å². The van der Waals surface area contributed by atoms with Crippen molar-refractivity contribution in [3.63, 3.8) is 0 Å². The van der Waals surface area contributed by atoms with Crippen LogP contribution in [0.4, 0.5) is 5.69 Å². The Bertz CT molecular complexity index is 845. The van der Waals surface area contributed by atoms with E-state index in [2.05, 4.69) is 41.9 Å². The summed E-state index contributed by atoms with van der Waals surface area (Å²) in [5.74, 6) is 0.229. The fourth-order valence-corrected chi connectivity index (χ4v) is 3.35. The van der Waals surface area contributed by atoms with Gasteiger partial charge in [0.1, 0.15) is 12.4 Å². The normalized spacial score (nSPS) is 13.6. The molecule has 130 valence electrons. The van der Waals surface area contributed by atoms with Crippen LogP contribution in [-0.4, -0.2) is 24.8 Å². The van der Waals surface area contributed by atoms with Crippen LogP contribution in [0.3, 0.4) is 0 Å². The third-order valence-corrected chi connectivity index (χ3v) is 4.79. The molecule has 0 saturated heterocycles. The molecule has 0 N–H and O–H groups in total. The van der Waals surface area contributed by atoms with Crippen molar-refractivity contribution in [1.29, 1.82) is 0 Å². The van der Waals surface area contributed by atoms with Crippen LogP contribution in [0.1, 0.15) is 41.3 Å². The molecular formula is C20H20BrNO3. The largest absolute Gasteiger partial charge is 0.491 e. The van der Waals surface area contributed by atoms with Crippen LogP contribution in [0.5, 0.6) is 5.75 Å². The molecule has 0 aromatic heterocycles. The van der Waals surface area contributed by atoms with E-state index in [0.29, 0.717) is 30.3 Å². The quantitative estimate of drug-likeness (QED) is 0.693. The monoisotopic (exact) mass is 401 g/mol. The molecule has 0 fully saturated rings. The summed E-state index contributed by atoms with van der Waals surface area (Å²) in [6.07, 6.45) is 0. The molecule has 0 saturated carbocycles. The van der Waals surface area contributed by atoms with Crippen LogP contribution in [0.2, 0.25) is 0 Å². The highest BCUT2D eigenvalue weighted by Crippen LogP contribution is 2.32. The molecule has 25 heavy (non-hydrogen) atoms. The van der Waals surface area contributed by atoms with Crippen molar-refractivity contribution in [3.05, 3.63) is 57.6 Å². The number of hydrogen-bond donors (Lipinski definition) is 0. The van der Waals surface area contributed by atoms with Crippen molar-refractivity contribution in [2.24, 2.45) is 0 Å². The molecule has 0 radical (unpaired) electrons. The van der Waals surface area contributed by atoms with E-state index in [9.17, 15) is 9.59 Å². The van der Waals surface area contributed by atoms with E-state index < -0.39 is 11.7 Å². The number of carbonyl (C=O) groups is 2. The SMILES string of the molecule is Cc1ccc(C(C)C)c(OCCN2C(=O)C(=O)c3cc(Br)ccc32)c1. The van der Waals surface area contributed by atoms with Crippen molar-refractivity contribution in [3.8, 4) is 5.75 Å². The highest BCUT2D eigenvalue weighted by molar-refractivity contribution is 9.10. The Kier molecular flexibility index (Phi) is 4.95. The van der Waals surface area contributed by atoms with Crippen LogP contribution < -0.4 is 9.64 Å². The van der Waals surface area contributed by atoms with Gasteiger partial charge in [-0.3, -0.25) is 9.59 Å². The van der Waals surface area contributed by atoms with Gasteiger partial charge in [-0.2, -0.15) is 0 Å². The number of rotatable bonds is 5. The molecule has 5 heteroatoms. The summed E-state index contributed by atoms with van der Waals surface area (Å²) in [7, 11) is 0. The first-order valence-electron chi connectivity index (χ1n) is 8.27. The number of nitrogens with zero attached hydrogens (tertiary/aromatic N) is 1. The second-order valence-corrected chi connectivity index (χ2v) is 7.41. The lowest BCUT2D eigenvalue weighted by atomic mass is 10.0. The average molecular weight is 402 g/mol. The van der Waals surface area contributed by atoms with Crippen molar-refractivity contribution in [2.45, 2.75) is 26.7 Å². The first-order chi connectivity index (χ1) is 11.9. The van der Waals surface area contributed by atoms with Gasteiger partial charge in [-0.15, -0.1) is 0 Å². The number of halogens is 1. The second-order valence-electron chi connectivity index (χ2n) is 6.49. The predicted molar refractivity (Wildman–Crippen MR) is 102 cm³/mol. The summed E-state index contributed by atoms with van der Waals surface area (Å²) in [5, 5.41) is 0. The minimum Gasteiger partial charge on any atom is -0.491 e. The number of carbonyl (C=O) groups excluding carboxylic acids is 2. The highest BCUT2D eigenvalue weighted by atomic mass is 79.9. The maximum atomic E-state index is 12.3. The van der Waals surface area contributed by atoms with Crippen molar-refractivity contribution < 1.29 is 14.3 Å². The first-order valence-corrected chi connectivity index (χ1v) is 9.07. The predicted octanol–water partition coefficient (Wildman–Crippen LogP) is 4.49. The van der Waals surface area contributed by atoms with Gasteiger partial charge < -0.3 is 9.64 Å². The van der Waals surface area contributed by atoms with Crippen LogP contribution in [0, 0.1) is 6.92 Å². The summed E-state index contributed by atoms with van der Waals surface area (Å²) in [6.45, 7) is 6.93. The molecule has 1 aliphatic rings. The second kappa shape index (κ2) is 7.00. The lowest BCUT2D eigenvalue weighted by Crippen LogP contribution is -2.33. The number of ketones is 1. The Morgan fingerprint density at radius 2 is 1.88 bits per heavy atom. The zero-order valence-electron chi connectivity index (χ0n) is 14.5. The molecule has 0 bridgehead atoms. The van der Waals surface area contributed by atoms with Gasteiger partial charge in [-0.05, 0) is 48.2 Å². The molecular weight excluding hydrogens is 382 g/mol. The Morgan fingerprint density at radius 3 is 2.60 bits per heavy atom. The lowest BCUT2D eigenvalue weighted by molar-refractivity contribution is -0.114. The summed E-state index contributed by atoms with van der Waals surface area (Å²) >= 11 is 3.34. The van der Waals surface area contributed by atoms with Gasteiger partial charge >= 0.3 is 0 Å². The fraction of sp³-hybridized carbons (Fsp3) is 0.300. The minimum atomic E-state index is -0.495. The van der Waals surface area contributed by atoms with E-state index in [1.165, 1.54) is 4.90 Å². The molecule has 1 heterocycles. The Morgan fingerprint density at radius 1 is 1.12 bits per heavy atom. The average Bonchev–Trinajstić information content (AvgIpc) is 2.79. The van der Waals surface area contributed by atoms with Crippen molar-refractivity contribution in [2.75, 3.05) is 18.1 Å². The van der Waals surface area contributed by atoms with Crippen molar-refractivity contribution in [1.82, 2.24) is 0 Å². The van der Waals surface area contributed by atoms with E-state index >= 15 is 0 Å². The summed E-state index contributed by atoms with van der Waals surface area (Å²) in [4.78, 5) is 25.9. The van der Waals surface area contributed by atoms with Crippen LogP contribution >= 0.6 is 15.9 Å². The number of hydrogen-bond acceptors (Lipinski definition) is 3. The summed E-state index contributed by atoms with van der Waals surface area (Å²) in [5.41, 5.74) is 3.36. The molecule has 1 aliphatic heterocycles. The lowest BCUT2D eigenvalue weighted by Gasteiger charge is -2.19. The number of benzene rings is 2. The van der Waals surface area contributed by atoms with Crippen LogP contribution in [0.15, 0.2) is 40.9 Å². The van der Waals surface area contributed by atoms with Gasteiger partial charge in [0.05, 0.1) is 17.8 Å². The van der Waals surface area contributed by atoms with Crippen LogP contribution in [-0.2, 0) is 4.79 Å². The smallest absolute Gasteiger partial charge is 0.299 e. The van der Waals surface area contributed by atoms with Gasteiger partial charge in [0.2, 0.25) is 0 Å². The molecule has 0 unspecified atom stereocenters. The third kappa shape index (κ3) is 3.47. The Balaban J connectivity index is 1.75. The van der Waals surface area contributed by atoms with E-state index in [1.807, 2.05) is 19.1 Å². The Labute approximate surface area is 155 Å². The molecule has 0 aliphatic carbocycles. The standard InChI is InChI=1S/C20H20BrNO3/c1-12(2)15-6-4-13(3)10-18(15)25-9-8-22-17-7-5-14(21)11-16(17)19(23)20(22)24/h4-7,10-12H,8-9H2,1-3H3. The van der Waals surface area contributed by atoms with E-state index in [1.54, 1.807) is 12.1 Å². The Hall–Kier alpha value is -2.14. The number of anilines is 1. The van der Waals surface area contributed by atoms with Gasteiger partial charge in [-0.25, -0.2) is 0 Å². The van der Waals surface area contributed by atoms with E-state index in [0.717, 1.165) is 21.3 Å². The molecule has 3 rings (SSSR count). The summed E-state index contributed by atoms with van der Waals surface area (Å²) < 4.78 is 6.73. The zero-order chi connectivity index (χ0) is 18.1. The van der Waals surface area contributed by atoms with Gasteiger partial charge in [0, 0.05) is 4.47 Å². The zero-order valence-corrected chi connectivity index (χ0v) is 16.1. The maximum Gasteiger partial charge on any atom is 0.299 e. The topological polar surface area (TPSA) is 46.6 Å². The number of aryl methyl sites for hydroxylation is 1. The summed E-state index contributed by atoms with van der Waals surface area (Å²) in [6, 6.07) is 11.5. The number of ether oxygens (including phenoxy) is 1. The molecule has 0 spiro atoms. The number of Topliss-reactive ketones (excluding diaryl/α,β-unsaturated/α-hetero) is 1. The maximum absolute atomic E-state index is 12.3. The molecule has 0 atom stereocenters. The van der Waals surface area contributed by atoms with Gasteiger partial charge in [0.15, 0.2) is 0 Å². The minimum absolute atomic E-state index is 0.331. The first kappa shape index (κ1) is 17.7. The van der Waals surface area contributed by atoms with Gasteiger partial charge in [0.25, 0.3) is 11.7 Å². The van der Waals surface area contributed by atoms with Crippen LogP contribution in [0.25, 0.3) is 0 Å². The third-order valence-electron chi connectivity index (χ3n) is 4.30. The molecule has 2 aromatic rings. The molecule has 2 aromatic carbocycles. The highest BCUT2D eigenvalue weighted by Gasteiger charge is 2.35. The number of amides is 1. The molecule has 1 amide bonds. The molecule has 4 nitrogen and oxygen atoms in total. The number of fused-ring (bicyclic) bond motifs is 1. The van der Waals surface area contributed by atoms with E-state index in [4.69, 9.17) is 4.74 Å². The fourth-order valence-electron chi connectivity index (χ4n) is 2.99. The van der Waals surface area contributed by atoms with E-state index in [-0.39, 0.29) is 0 Å². The van der Waals surface area contributed by atoms with Crippen molar-refractivity contribution >= 4 is 33.3 Å².